The first kappa shape index (κ1) is 14.7. The monoisotopic (exact) mass is 320 g/mol. The Bertz CT molecular complexity index is 639. The number of hydrogen-bond acceptors (Lipinski definition) is 1. The van der Waals surface area contributed by atoms with Crippen molar-refractivity contribution in [3.8, 4) is 5.75 Å². The van der Waals surface area contributed by atoms with Crippen molar-refractivity contribution in [1.29, 1.82) is 0 Å². The third-order valence-corrected chi connectivity index (χ3v) is 5.11. The van der Waals surface area contributed by atoms with E-state index >= 15 is 0 Å². The van der Waals surface area contributed by atoms with Crippen LogP contribution in [0.1, 0.15) is 28.5 Å². The average molecular weight is 321 g/mol. The lowest BCUT2D eigenvalue weighted by Crippen LogP contribution is -2.18. The topological polar surface area (TPSA) is 9.23 Å². The summed E-state index contributed by atoms with van der Waals surface area (Å²) in [6.45, 7) is 0. The molecule has 0 aromatic heterocycles. The van der Waals surface area contributed by atoms with Gasteiger partial charge in [0.2, 0.25) is 0 Å². The Kier molecular flexibility index (Phi) is 4.42. The molecule has 0 N–H and O–H groups in total. The first-order chi connectivity index (χ1) is 10.2. The summed E-state index contributed by atoms with van der Waals surface area (Å²) in [5.41, 5.74) is 3.87. The van der Waals surface area contributed by atoms with Gasteiger partial charge in [-0.2, -0.15) is 0 Å². The van der Waals surface area contributed by atoms with E-state index in [-0.39, 0.29) is 5.38 Å². The molecule has 0 aliphatic heterocycles. The maximum absolute atomic E-state index is 6.77. The van der Waals surface area contributed by atoms with Gasteiger partial charge in [-0.15, -0.1) is 11.6 Å². The van der Waals surface area contributed by atoms with E-state index < -0.39 is 0 Å². The van der Waals surface area contributed by atoms with E-state index in [1.54, 1.807) is 7.11 Å². The molecule has 2 aromatic carbocycles. The van der Waals surface area contributed by atoms with Gasteiger partial charge in [-0.1, -0.05) is 35.9 Å². The molecule has 0 spiro atoms. The molecule has 21 heavy (non-hydrogen) atoms. The summed E-state index contributed by atoms with van der Waals surface area (Å²) in [7, 11) is 1.67. The molecular formula is C18H18Cl2O. The fourth-order valence-electron chi connectivity index (χ4n) is 3.15. The Balaban J connectivity index is 1.87. The zero-order valence-corrected chi connectivity index (χ0v) is 13.5. The highest BCUT2D eigenvalue weighted by Gasteiger charge is 2.27. The maximum atomic E-state index is 6.77. The average Bonchev–Trinajstić information content (AvgIpc) is 2.53. The van der Waals surface area contributed by atoms with Gasteiger partial charge in [0.15, 0.2) is 0 Å². The van der Waals surface area contributed by atoms with Gasteiger partial charge in [-0.3, -0.25) is 0 Å². The zero-order chi connectivity index (χ0) is 14.8. The summed E-state index contributed by atoms with van der Waals surface area (Å²) < 4.78 is 5.44. The molecular weight excluding hydrogens is 303 g/mol. The van der Waals surface area contributed by atoms with Gasteiger partial charge < -0.3 is 4.74 Å². The number of aryl methyl sites for hydroxylation is 1. The van der Waals surface area contributed by atoms with Crippen LogP contribution in [0.15, 0.2) is 42.5 Å². The molecule has 2 aromatic rings. The van der Waals surface area contributed by atoms with Crippen LogP contribution in [0.3, 0.4) is 0 Å². The minimum absolute atomic E-state index is 0.0768. The lowest BCUT2D eigenvalue weighted by Gasteiger charge is -2.29. The molecule has 0 amide bonds. The van der Waals surface area contributed by atoms with Gasteiger partial charge in [0.05, 0.1) is 12.5 Å². The normalized spacial score (nSPS) is 18.9. The Labute approximate surface area is 135 Å². The van der Waals surface area contributed by atoms with E-state index in [1.165, 1.54) is 11.1 Å². The predicted octanol–water partition coefficient (Wildman–Crippen LogP) is 5.43. The highest BCUT2D eigenvalue weighted by molar-refractivity contribution is 6.31. The van der Waals surface area contributed by atoms with Gasteiger partial charge in [0.1, 0.15) is 5.75 Å². The van der Waals surface area contributed by atoms with E-state index in [4.69, 9.17) is 27.9 Å². The lowest BCUT2D eigenvalue weighted by atomic mass is 9.80. The summed E-state index contributed by atoms with van der Waals surface area (Å²) >= 11 is 12.9. The summed E-state index contributed by atoms with van der Waals surface area (Å²) in [5.74, 6) is 1.23. The fraction of sp³-hybridized carbons (Fsp3) is 0.333. The van der Waals surface area contributed by atoms with Crippen LogP contribution in [0.2, 0.25) is 5.02 Å². The largest absolute Gasteiger partial charge is 0.496 e. The number of alkyl halides is 1. The summed E-state index contributed by atoms with van der Waals surface area (Å²) in [4.78, 5) is 0. The van der Waals surface area contributed by atoms with Crippen LogP contribution in [0.25, 0.3) is 0 Å². The molecule has 0 fully saturated rings. The molecule has 1 nitrogen and oxygen atoms in total. The highest BCUT2D eigenvalue weighted by Crippen LogP contribution is 2.42. The van der Waals surface area contributed by atoms with Crippen molar-refractivity contribution in [1.82, 2.24) is 0 Å². The number of ether oxygens (including phenoxy) is 1. The first-order valence-electron chi connectivity index (χ1n) is 7.23. The van der Waals surface area contributed by atoms with E-state index in [1.807, 2.05) is 18.2 Å². The van der Waals surface area contributed by atoms with Crippen LogP contribution in [-0.2, 0) is 12.8 Å². The second-order valence-corrected chi connectivity index (χ2v) is 6.47. The predicted molar refractivity (Wildman–Crippen MR) is 88.6 cm³/mol. The smallest absolute Gasteiger partial charge is 0.123 e. The van der Waals surface area contributed by atoms with Gasteiger partial charge >= 0.3 is 0 Å². The quantitative estimate of drug-likeness (QED) is 0.685. The Morgan fingerprint density at radius 2 is 1.90 bits per heavy atom. The highest BCUT2D eigenvalue weighted by atomic mass is 35.5. The van der Waals surface area contributed by atoms with E-state index in [9.17, 15) is 0 Å². The zero-order valence-electron chi connectivity index (χ0n) is 12.0. The number of fused-ring (bicyclic) bond motifs is 1. The van der Waals surface area contributed by atoms with Crippen molar-refractivity contribution >= 4 is 23.2 Å². The number of halogens is 2. The summed E-state index contributed by atoms with van der Waals surface area (Å²) in [5, 5.41) is 0.625. The molecule has 3 rings (SSSR count). The van der Waals surface area contributed by atoms with Gasteiger partial charge in [0, 0.05) is 10.6 Å². The molecule has 0 saturated carbocycles. The first-order valence-corrected chi connectivity index (χ1v) is 8.04. The molecule has 1 aliphatic carbocycles. The Morgan fingerprint density at radius 3 is 2.67 bits per heavy atom. The number of methoxy groups -OCH3 is 1. The van der Waals surface area contributed by atoms with Crippen LogP contribution in [0.5, 0.6) is 5.75 Å². The summed E-state index contributed by atoms with van der Waals surface area (Å²) in [6, 6.07) is 14.3. The van der Waals surface area contributed by atoms with E-state index in [2.05, 4.69) is 24.3 Å². The molecule has 2 unspecified atom stereocenters. The summed E-state index contributed by atoms with van der Waals surface area (Å²) in [6.07, 6.45) is 3.20. The van der Waals surface area contributed by atoms with Crippen molar-refractivity contribution < 1.29 is 4.74 Å². The second-order valence-electron chi connectivity index (χ2n) is 5.56. The number of hydrogen-bond donors (Lipinski definition) is 0. The molecule has 0 radical (unpaired) electrons. The third-order valence-electron chi connectivity index (χ3n) is 4.29. The Morgan fingerprint density at radius 1 is 1.14 bits per heavy atom. The minimum Gasteiger partial charge on any atom is -0.496 e. The van der Waals surface area contributed by atoms with Gasteiger partial charge in [0.25, 0.3) is 0 Å². The van der Waals surface area contributed by atoms with Gasteiger partial charge in [-0.05, 0) is 54.5 Å². The molecule has 0 saturated heterocycles. The lowest BCUT2D eigenvalue weighted by molar-refractivity contribution is 0.393. The van der Waals surface area contributed by atoms with Crippen LogP contribution in [0.4, 0.5) is 0 Å². The van der Waals surface area contributed by atoms with Crippen molar-refractivity contribution in [2.75, 3.05) is 7.11 Å². The van der Waals surface area contributed by atoms with Crippen LogP contribution in [-0.4, -0.2) is 7.11 Å². The molecule has 1 aliphatic rings. The van der Waals surface area contributed by atoms with Gasteiger partial charge in [-0.25, -0.2) is 0 Å². The van der Waals surface area contributed by atoms with Crippen molar-refractivity contribution in [3.05, 3.63) is 64.2 Å². The number of benzene rings is 2. The second kappa shape index (κ2) is 6.29. The molecule has 0 heterocycles. The Hall–Kier alpha value is -1.18. The maximum Gasteiger partial charge on any atom is 0.123 e. The van der Waals surface area contributed by atoms with Crippen LogP contribution in [0, 0.1) is 5.92 Å². The standard InChI is InChI=1S/C18H18Cl2O/c1-21-17-9-8-15(19)11-16(17)18(20)14-7-6-12-4-2-3-5-13(12)10-14/h2-5,8-9,11,14,18H,6-7,10H2,1H3. The minimum atomic E-state index is -0.0768. The van der Waals surface area contributed by atoms with Crippen molar-refractivity contribution in [2.24, 2.45) is 5.92 Å². The third kappa shape index (κ3) is 3.04. The molecule has 0 bridgehead atoms. The molecule has 110 valence electrons. The van der Waals surface area contributed by atoms with Crippen molar-refractivity contribution in [2.45, 2.75) is 24.6 Å². The SMILES string of the molecule is COc1ccc(Cl)cc1C(Cl)C1CCc2ccccc2C1. The number of rotatable bonds is 3. The molecule has 3 heteroatoms. The van der Waals surface area contributed by atoms with Crippen LogP contribution >= 0.6 is 23.2 Å². The van der Waals surface area contributed by atoms with Crippen LogP contribution < -0.4 is 4.74 Å². The van der Waals surface area contributed by atoms with Crippen molar-refractivity contribution in [3.63, 3.8) is 0 Å². The van der Waals surface area contributed by atoms with E-state index in [0.29, 0.717) is 10.9 Å². The van der Waals surface area contributed by atoms with E-state index in [0.717, 1.165) is 30.6 Å². The molecule has 2 atom stereocenters. The fourth-order valence-corrected chi connectivity index (χ4v) is 3.72.